The average Bonchev–Trinajstić information content (AvgIpc) is 3.07. The molecule has 0 spiro atoms. The molecule has 0 aliphatic heterocycles. The van der Waals surface area contributed by atoms with Crippen LogP contribution in [0.15, 0.2) is 30.5 Å². The molecule has 3 rings (SSSR count). The van der Waals surface area contributed by atoms with Crippen molar-refractivity contribution < 1.29 is 22.6 Å². The van der Waals surface area contributed by atoms with E-state index in [0.29, 0.717) is 36.1 Å². The van der Waals surface area contributed by atoms with Crippen LogP contribution in [0.4, 0.5) is 30.4 Å². The van der Waals surface area contributed by atoms with Gasteiger partial charge in [-0.3, -0.25) is 0 Å². The highest BCUT2D eigenvalue weighted by Gasteiger charge is 2.35. The molecule has 0 saturated heterocycles. The zero-order valence-electron chi connectivity index (χ0n) is 14.7. The van der Waals surface area contributed by atoms with Gasteiger partial charge in [0.15, 0.2) is 0 Å². The minimum absolute atomic E-state index is 0.0162. The number of hydrogen-bond donors (Lipinski definition) is 3. The Morgan fingerprint density at radius 3 is 2.78 bits per heavy atom. The summed E-state index contributed by atoms with van der Waals surface area (Å²) in [4.78, 5) is 6.87. The van der Waals surface area contributed by atoms with Crippen molar-refractivity contribution in [3.8, 4) is 5.75 Å². The molecule has 0 bridgehead atoms. The predicted octanol–water partition coefficient (Wildman–Crippen LogP) is 4.19. The standard InChI is InChI=1S/C18H18F3N4O2/c1-26-8-7-22-13-9-15(24-12-5-3-4-6-14(12)27-2)25-17-16(13)11(10-23-17)18(19,20)21/h3,5-6,9-10H,7-8H2,1-2H3,(H3,22,23,24,25). The van der Waals surface area contributed by atoms with Gasteiger partial charge in [-0.1, -0.05) is 6.07 Å². The van der Waals surface area contributed by atoms with Crippen molar-refractivity contribution in [2.75, 3.05) is 38.0 Å². The van der Waals surface area contributed by atoms with Crippen molar-refractivity contribution in [2.45, 2.75) is 6.18 Å². The minimum Gasteiger partial charge on any atom is -0.495 e. The highest BCUT2D eigenvalue weighted by Crippen LogP contribution is 2.39. The smallest absolute Gasteiger partial charge is 0.418 e. The van der Waals surface area contributed by atoms with Gasteiger partial charge in [-0.2, -0.15) is 13.2 Å². The molecule has 0 aliphatic rings. The predicted molar refractivity (Wildman–Crippen MR) is 96.6 cm³/mol. The Morgan fingerprint density at radius 2 is 2.07 bits per heavy atom. The molecule has 143 valence electrons. The quantitative estimate of drug-likeness (QED) is 0.537. The molecule has 0 aliphatic carbocycles. The van der Waals surface area contributed by atoms with Gasteiger partial charge in [-0.25, -0.2) is 4.98 Å². The van der Waals surface area contributed by atoms with Crippen molar-refractivity contribution in [1.29, 1.82) is 0 Å². The maximum Gasteiger partial charge on any atom is 0.418 e. The number of alkyl halides is 3. The van der Waals surface area contributed by atoms with E-state index in [-0.39, 0.29) is 11.0 Å². The summed E-state index contributed by atoms with van der Waals surface area (Å²) >= 11 is 0. The summed E-state index contributed by atoms with van der Waals surface area (Å²) < 4.78 is 50.2. The van der Waals surface area contributed by atoms with Crippen LogP contribution in [0.5, 0.6) is 5.75 Å². The lowest BCUT2D eigenvalue weighted by molar-refractivity contribution is -0.136. The van der Waals surface area contributed by atoms with Crippen molar-refractivity contribution in [3.63, 3.8) is 0 Å². The average molecular weight is 379 g/mol. The van der Waals surface area contributed by atoms with Gasteiger partial charge in [0.05, 0.1) is 30.4 Å². The van der Waals surface area contributed by atoms with Gasteiger partial charge >= 0.3 is 6.18 Å². The Morgan fingerprint density at radius 1 is 1.26 bits per heavy atom. The lowest BCUT2D eigenvalue weighted by atomic mass is 10.1. The monoisotopic (exact) mass is 379 g/mol. The molecule has 0 unspecified atom stereocenters. The summed E-state index contributed by atoms with van der Waals surface area (Å²) in [5.74, 6) is 0.901. The number of aromatic nitrogens is 2. The Balaban J connectivity index is 2.04. The third kappa shape index (κ3) is 4.08. The van der Waals surface area contributed by atoms with Crippen LogP contribution in [0.2, 0.25) is 0 Å². The zero-order chi connectivity index (χ0) is 19.4. The number of methoxy groups -OCH3 is 2. The zero-order valence-corrected chi connectivity index (χ0v) is 14.7. The van der Waals surface area contributed by atoms with Crippen LogP contribution < -0.4 is 15.4 Å². The highest BCUT2D eigenvalue weighted by atomic mass is 19.4. The topological polar surface area (TPSA) is 71.2 Å². The van der Waals surface area contributed by atoms with Gasteiger partial charge in [0.2, 0.25) is 0 Å². The number of rotatable bonds is 7. The fourth-order valence-electron chi connectivity index (χ4n) is 2.67. The number of ether oxygens (including phenoxy) is 2. The van der Waals surface area contributed by atoms with E-state index < -0.39 is 11.7 Å². The van der Waals surface area contributed by atoms with Crippen molar-refractivity contribution in [1.82, 2.24) is 9.97 Å². The number of hydrogen-bond acceptors (Lipinski definition) is 5. The van der Waals surface area contributed by atoms with Crippen molar-refractivity contribution >= 4 is 28.2 Å². The normalized spacial score (nSPS) is 11.6. The van der Waals surface area contributed by atoms with E-state index in [9.17, 15) is 13.2 Å². The van der Waals surface area contributed by atoms with E-state index in [1.54, 1.807) is 18.2 Å². The lowest BCUT2D eigenvalue weighted by Crippen LogP contribution is -2.10. The number of anilines is 3. The fraction of sp³-hybridized carbons (Fsp3) is 0.278. The Labute approximate surface area is 153 Å². The van der Waals surface area contributed by atoms with E-state index in [4.69, 9.17) is 9.47 Å². The molecule has 2 aromatic heterocycles. The molecule has 0 fully saturated rings. The van der Waals surface area contributed by atoms with Crippen LogP contribution >= 0.6 is 0 Å². The Hall–Kier alpha value is -2.94. The number of halogens is 3. The Kier molecular flexibility index (Phi) is 5.41. The molecule has 3 aromatic rings. The summed E-state index contributed by atoms with van der Waals surface area (Å²) in [5.41, 5.74) is 0.264. The molecule has 27 heavy (non-hydrogen) atoms. The second kappa shape index (κ2) is 7.75. The van der Waals surface area contributed by atoms with E-state index in [1.165, 1.54) is 20.3 Å². The van der Waals surface area contributed by atoms with Crippen molar-refractivity contribution in [2.24, 2.45) is 0 Å². The van der Waals surface area contributed by atoms with Gasteiger partial charge in [0.25, 0.3) is 0 Å². The van der Waals surface area contributed by atoms with Crippen LogP contribution in [0.1, 0.15) is 5.56 Å². The molecule has 1 aromatic carbocycles. The molecule has 0 atom stereocenters. The van der Waals surface area contributed by atoms with E-state index in [1.807, 2.05) is 0 Å². The van der Waals surface area contributed by atoms with Crippen molar-refractivity contribution in [3.05, 3.63) is 42.1 Å². The Bertz CT molecular complexity index is 925. The SMILES string of the molecule is COCCNc1cc(Nc2cc[c]cc2OC)nc2[nH]cc(C(F)(F)F)c12. The van der Waals surface area contributed by atoms with Gasteiger partial charge < -0.3 is 25.1 Å². The van der Waals surface area contributed by atoms with E-state index in [2.05, 4.69) is 26.7 Å². The van der Waals surface area contributed by atoms with Crippen LogP contribution in [0, 0.1) is 6.07 Å². The lowest BCUT2D eigenvalue weighted by Gasteiger charge is -2.14. The first-order valence-electron chi connectivity index (χ1n) is 8.07. The number of benzene rings is 1. The number of pyridine rings is 1. The molecule has 0 amide bonds. The van der Waals surface area contributed by atoms with Gasteiger partial charge in [-0.15, -0.1) is 0 Å². The molecule has 1 radical (unpaired) electrons. The number of nitrogens with one attached hydrogen (secondary N) is 3. The van der Waals surface area contributed by atoms with Crippen LogP contribution in [-0.4, -0.2) is 37.3 Å². The second-order valence-corrected chi connectivity index (χ2v) is 5.65. The minimum atomic E-state index is -4.49. The molecule has 3 N–H and O–H groups in total. The second-order valence-electron chi connectivity index (χ2n) is 5.65. The number of aromatic amines is 1. The third-order valence-corrected chi connectivity index (χ3v) is 3.88. The van der Waals surface area contributed by atoms with Crippen LogP contribution in [0.25, 0.3) is 11.0 Å². The van der Waals surface area contributed by atoms with Crippen LogP contribution in [-0.2, 0) is 10.9 Å². The summed E-state index contributed by atoms with van der Waals surface area (Å²) in [7, 11) is 3.04. The first-order chi connectivity index (χ1) is 12.9. The molecular formula is C18H18F3N4O2. The van der Waals surface area contributed by atoms with Gasteiger partial charge in [-0.05, 0) is 18.2 Å². The van der Waals surface area contributed by atoms with Gasteiger partial charge in [0, 0.05) is 31.6 Å². The summed E-state index contributed by atoms with van der Waals surface area (Å²) in [6, 6.07) is 9.49. The number of nitrogens with zero attached hydrogens (tertiary/aromatic N) is 1. The summed E-state index contributed by atoms with van der Waals surface area (Å²) in [6.07, 6.45) is -3.58. The first-order valence-corrected chi connectivity index (χ1v) is 8.07. The van der Waals surface area contributed by atoms with Gasteiger partial charge in [0.1, 0.15) is 17.2 Å². The maximum atomic E-state index is 13.3. The summed E-state index contributed by atoms with van der Waals surface area (Å²) in [5, 5.41) is 6.03. The first kappa shape index (κ1) is 18.8. The molecule has 6 nitrogen and oxygen atoms in total. The van der Waals surface area contributed by atoms with Crippen LogP contribution in [0.3, 0.4) is 0 Å². The molecular weight excluding hydrogens is 361 g/mol. The summed E-state index contributed by atoms with van der Waals surface area (Å²) in [6.45, 7) is 0.696. The highest BCUT2D eigenvalue weighted by molar-refractivity contribution is 5.95. The molecule has 9 heteroatoms. The number of fused-ring (bicyclic) bond motifs is 1. The van der Waals surface area contributed by atoms with E-state index >= 15 is 0 Å². The molecule has 0 saturated carbocycles. The molecule has 2 heterocycles. The third-order valence-electron chi connectivity index (χ3n) is 3.88. The van der Waals surface area contributed by atoms with E-state index in [0.717, 1.165) is 6.20 Å². The number of H-pyrrole nitrogens is 1. The fourth-order valence-corrected chi connectivity index (χ4v) is 2.67. The largest absolute Gasteiger partial charge is 0.495 e. The maximum absolute atomic E-state index is 13.3.